The van der Waals surface area contributed by atoms with E-state index in [2.05, 4.69) is 47.8 Å². The standard InChI is InChI=1S/C15H21N3S2/c1-8-6-19-7-12(8)16-5-13-9(2)14-10(3)17-11(4)18-15(14)20-13/h8,12,16H,5-7H2,1-4H3. The van der Waals surface area contributed by atoms with E-state index >= 15 is 0 Å². The van der Waals surface area contributed by atoms with Gasteiger partial charge >= 0.3 is 0 Å². The number of aryl methyl sites for hydroxylation is 3. The molecule has 0 radical (unpaired) electrons. The van der Waals surface area contributed by atoms with Crippen molar-refractivity contribution >= 4 is 33.3 Å². The molecule has 1 saturated heterocycles. The Bertz CT molecular complexity index is 636. The number of fused-ring (bicyclic) bond motifs is 1. The molecule has 1 aliphatic heterocycles. The zero-order chi connectivity index (χ0) is 14.3. The summed E-state index contributed by atoms with van der Waals surface area (Å²) >= 11 is 3.87. The maximum absolute atomic E-state index is 4.59. The third-order valence-corrected chi connectivity index (χ3v) is 6.61. The van der Waals surface area contributed by atoms with Gasteiger partial charge in [0.1, 0.15) is 10.7 Å². The van der Waals surface area contributed by atoms with Crippen LogP contribution < -0.4 is 5.32 Å². The lowest BCUT2D eigenvalue weighted by Gasteiger charge is -2.15. The summed E-state index contributed by atoms with van der Waals surface area (Å²) in [4.78, 5) is 11.6. The lowest BCUT2D eigenvalue weighted by molar-refractivity contribution is 0.455. The van der Waals surface area contributed by atoms with E-state index < -0.39 is 0 Å². The summed E-state index contributed by atoms with van der Waals surface area (Å²) in [5.74, 6) is 4.17. The monoisotopic (exact) mass is 307 g/mol. The van der Waals surface area contributed by atoms with E-state index in [-0.39, 0.29) is 0 Å². The Morgan fingerprint density at radius 2 is 2.00 bits per heavy atom. The first-order chi connectivity index (χ1) is 9.56. The molecule has 0 amide bonds. The second kappa shape index (κ2) is 5.62. The van der Waals surface area contributed by atoms with Crippen LogP contribution in [0.15, 0.2) is 0 Å². The quantitative estimate of drug-likeness (QED) is 0.942. The lowest BCUT2D eigenvalue weighted by Crippen LogP contribution is -2.33. The van der Waals surface area contributed by atoms with Crippen molar-refractivity contribution in [2.75, 3.05) is 11.5 Å². The molecule has 0 bridgehead atoms. The predicted molar refractivity (Wildman–Crippen MR) is 88.7 cm³/mol. The normalized spacial score (nSPS) is 22.8. The molecule has 1 fully saturated rings. The highest BCUT2D eigenvalue weighted by atomic mass is 32.2. The molecule has 1 N–H and O–H groups in total. The van der Waals surface area contributed by atoms with Gasteiger partial charge < -0.3 is 5.32 Å². The highest BCUT2D eigenvalue weighted by molar-refractivity contribution is 7.99. The topological polar surface area (TPSA) is 37.8 Å². The first kappa shape index (κ1) is 14.3. The molecule has 0 saturated carbocycles. The summed E-state index contributed by atoms with van der Waals surface area (Å²) in [7, 11) is 0. The predicted octanol–water partition coefficient (Wildman–Crippen LogP) is 3.46. The van der Waals surface area contributed by atoms with Gasteiger partial charge in [-0.3, -0.25) is 0 Å². The molecule has 0 aliphatic carbocycles. The van der Waals surface area contributed by atoms with E-state index in [1.54, 1.807) is 0 Å². The maximum Gasteiger partial charge on any atom is 0.127 e. The number of hydrogen-bond donors (Lipinski definition) is 1. The Hall–Kier alpha value is -0.650. The van der Waals surface area contributed by atoms with E-state index in [1.807, 2.05) is 18.3 Å². The SMILES string of the molecule is Cc1nc(C)c2c(C)c(CNC3CSCC3C)sc2n1. The van der Waals surface area contributed by atoms with Gasteiger partial charge in [0.2, 0.25) is 0 Å². The van der Waals surface area contributed by atoms with Crippen molar-refractivity contribution in [2.45, 2.75) is 40.3 Å². The molecular weight excluding hydrogens is 286 g/mol. The van der Waals surface area contributed by atoms with E-state index in [0.717, 1.165) is 28.8 Å². The minimum atomic E-state index is 0.651. The van der Waals surface area contributed by atoms with Crippen LogP contribution in [0.4, 0.5) is 0 Å². The summed E-state index contributed by atoms with van der Waals surface area (Å²) < 4.78 is 0. The van der Waals surface area contributed by atoms with Crippen LogP contribution in [0.25, 0.3) is 10.2 Å². The molecule has 0 aromatic carbocycles. The van der Waals surface area contributed by atoms with Crippen LogP contribution in [0.2, 0.25) is 0 Å². The number of nitrogens with zero attached hydrogens (tertiary/aromatic N) is 2. The molecule has 2 aromatic heterocycles. The molecule has 2 unspecified atom stereocenters. The van der Waals surface area contributed by atoms with Crippen LogP contribution in [-0.4, -0.2) is 27.5 Å². The fraction of sp³-hybridized carbons (Fsp3) is 0.600. The van der Waals surface area contributed by atoms with Gasteiger partial charge in [-0.25, -0.2) is 9.97 Å². The summed E-state index contributed by atoms with van der Waals surface area (Å²) in [6, 6.07) is 0.651. The van der Waals surface area contributed by atoms with Gasteiger partial charge in [-0.15, -0.1) is 11.3 Å². The molecule has 0 spiro atoms. The Kier molecular flexibility index (Phi) is 4.02. The van der Waals surface area contributed by atoms with Crippen LogP contribution in [0.1, 0.15) is 28.9 Å². The van der Waals surface area contributed by atoms with E-state index in [4.69, 9.17) is 0 Å². The number of nitrogens with one attached hydrogen (secondary N) is 1. The van der Waals surface area contributed by atoms with Crippen LogP contribution in [0, 0.1) is 26.7 Å². The van der Waals surface area contributed by atoms with Crippen molar-refractivity contribution in [1.82, 2.24) is 15.3 Å². The highest BCUT2D eigenvalue weighted by Gasteiger charge is 2.23. The first-order valence-corrected chi connectivity index (χ1v) is 9.07. The minimum absolute atomic E-state index is 0.651. The Morgan fingerprint density at radius 1 is 1.20 bits per heavy atom. The molecule has 1 aliphatic rings. The molecule has 108 valence electrons. The smallest absolute Gasteiger partial charge is 0.127 e. The van der Waals surface area contributed by atoms with Gasteiger partial charge in [-0.05, 0) is 38.0 Å². The van der Waals surface area contributed by atoms with Gasteiger partial charge in [0, 0.05) is 34.3 Å². The fourth-order valence-electron chi connectivity index (χ4n) is 2.83. The summed E-state index contributed by atoms with van der Waals surface area (Å²) in [5.41, 5.74) is 2.46. The fourth-order valence-corrected chi connectivity index (χ4v) is 5.50. The van der Waals surface area contributed by atoms with Crippen LogP contribution in [0.5, 0.6) is 0 Å². The maximum atomic E-state index is 4.59. The molecule has 2 atom stereocenters. The van der Waals surface area contributed by atoms with E-state index in [0.29, 0.717) is 6.04 Å². The number of aromatic nitrogens is 2. The van der Waals surface area contributed by atoms with Crippen LogP contribution in [0.3, 0.4) is 0 Å². The minimum Gasteiger partial charge on any atom is -0.308 e. The molecule has 3 heterocycles. The van der Waals surface area contributed by atoms with Crippen molar-refractivity contribution in [2.24, 2.45) is 5.92 Å². The summed E-state index contributed by atoms with van der Waals surface area (Å²) in [6.07, 6.45) is 0. The molecule has 5 heteroatoms. The zero-order valence-electron chi connectivity index (χ0n) is 12.5. The number of rotatable bonds is 3. The Labute approximate surface area is 128 Å². The van der Waals surface area contributed by atoms with Gasteiger partial charge in [0.15, 0.2) is 0 Å². The molecule has 2 aromatic rings. The molecule has 3 nitrogen and oxygen atoms in total. The van der Waals surface area contributed by atoms with E-state index in [9.17, 15) is 0 Å². The second-order valence-electron chi connectivity index (χ2n) is 5.69. The van der Waals surface area contributed by atoms with Crippen LogP contribution in [-0.2, 0) is 6.54 Å². The van der Waals surface area contributed by atoms with Crippen molar-refractivity contribution in [3.63, 3.8) is 0 Å². The number of thiophene rings is 1. The van der Waals surface area contributed by atoms with Crippen molar-refractivity contribution < 1.29 is 0 Å². The zero-order valence-corrected chi connectivity index (χ0v) is 14.1. The average molecular weight is 307 g/mol. The summed E-state index contributed by atoms with van der Waals surface area (Å²) in [6.45, 7) is 9.56. The van der Waals surface area contributed by atoms with Crippen LogP contribution >= 0.6 is 23.1 Å². The molecule has 20 heavy (non-hydrogen) atoms. The summed E-state index contributed by atoms with van der Waals surface area (Å²) in [5, 5.41) is 4.98. The third kappa shape index (κ3) is 2.59. The van der Waals surface area contributed by atoms with Crippen molar-refractivity contribution in [3.05, 3.63) is 22.0 Å². The van der Waals surface area contributed by atoms with E-state index in [1.165, 1.54) is 27.3 Å². The van der Waals surface area contributed by atoms with Gasteiger partial charge in [0.25, 0.3) is 0 Å². The second-order valence-corrected chi connectivity index (χ2v) is 7.85. The highest BCUT2D eigenvalue weighted by Crippen LogP contribution is 2.32. The Balaban J connectivity index is 1.85. The number of hydrogen-bond acceptors (Lipinski definition) is 5. The number of thioether (sulfide) groups is 1. The molecular formula is C15H21N3S2. The first-order valence-electron chi connectivity index (χ1n) is 7.10. The van der Waals surface area contributed by atoms with Crippen molar-refractivity contribution in [3.8, 4) is 0 Å². The Morgan fingerprint density at radius 3 is 2.70 bits per heavy atom. The largest absolute Gasteiger partial charge is 0.308 e. The molecule has 3 rings (SSSR count). The lowest BCUT2D eigenvalue weighted by atomic mass is 10.1. The third-order valence-electron chi connectivity index (χ3n) is 4.07. The van der Waals surface area contributed by atoms with Gasteiger partial charge in [-0.1, -0.05) is 6.92 Å². The average Bonchev–Trinajstić information content (AvgIpc) is 2.91. The van der Waals surface area contributed by atoms with Crippen molar-refractivity contribution in [1.29, 1.82) is 0 Å². The van der Waals surface area contributed by atoms with Gasteiger partial charge in [0.05, 0.1) is 0 Å². The van der Waals surface area contributed by atoms with Gasteiger partial charge in [-0.2, -0.15) is 11.8 Å².